The van der Waals surface area contributed by atoms with Crippen LogP contribution in [0.5, 0.6) is 0 Å². The molecule has 0 aromatic heterocycles. The van der Waals surface area contributed by atoms with E-state index in [4.69, 9.17) is 11.6 Å². The van der Waals surface area contributed by atoms with Crippen LogP contribution in [0.2, 0.25) is 5.02 Å². The van der Waals surface area contributed by atoms with Gasteiger partial charge < -0.3 is 10.2 Å². The number of hydrogen-bond acceptors (Lipinski definition) is 1. The Kier molecular flexibility index (Phi) is 6.13. The second kappa shape index (κ2) is 8.09. The maximum atomic E-state index is 13.7. The monoisotopic (exact) mass is 335 g/mol. The molecular formula is C18H21ClFN2O+. The summed E-state index contributed by atoms with van der Waals surface area (Å²) in [5.41, 5.74) is 2.29. The lowest BCUT2D eigenvalue weighted by atomic mass is 10.2. The SMILES string of the molecule is CC[NH+](CC(=O)Nc1cc(Cl)ccc1C)Cc1ccccc1F. The number of halogens is 2. The summed E-state index contributed by atoms with van der Waals surface area (Å²) >= 11 is 5.96. The van der Waals surface area contributed by atoms with Crippen molar-refractivity contribution in [3.05, 3.63) is 64.4 Å². The molecule has 1 amide bonds. The van der Waals surface area contributed by atoms with Crippen LogP contribution in [0.3, 0.4) is 0 Å². The standard InChI is InChI=1S/C18H20ClFN2O/c1-3-22(11-14-6-4-5-7-16(14)20)12-18(23)21-17-10-15(19)9-8-13(17)2/h4-10H,3,11-12H2,1-2H3,(H,21,23)/p+1. The number of hydrogen-bond donors (Lipinski definition) is 2. The average Bonchev–Trinajstić information content (AvgIpc) is 2.52. The fourth-order valence-electron chi connectivity index (χ4n) is 2.37. The van der Waals surface area contributed by atoms with Gasteiger partial charge in [-0.2, -0.15) is 0 Å². The molecule has 0 saturated carbocycles. The van der Waals surface area contributed by atoms with E-state index < -0.39 is 0 Å². The van der Waals surface area contributed by atoms with Gasteiger partial charge in [-0.15, -0.1) is 0 Å². The molecule has 0 radical (unpaired) electrons. The first-order chi connectivity index (χ1) is 11.0. The van der Waals surface area contributed by atoms with Crippen LogP contribution in [0.1, 0.15) is 18.1 Å². The zero-order valence-electron chi connectivity index (χ0n) is 13.3. The lowest BCUT2D eigenvalue weighted by Gasteiger charge is -2.18. The molecule has 0 fully saturated rings. The lowest BCUT2D eigenvalue weighted by molar-refractivity contribution is -0.904. The molecular weight excluding hydrogens is 315 g/mol. The van der Waals surface area contributed by atoms with E-state index in [1.807, 2.05) is 19.9 Å². The maximum absolute atomic E-state index is 13.7. The molecule has 23 heavy (non-hydrogen) atoms. The van der Waals surface area contributed by atoms with Crippen LogP contribution >= 0.6 is 11.6 Å². The Morgan fingerprint density at radius 1 is 1.26 bits per heavy atom. The van der Waals surface area contributed by atoms with Crippen molar-refractivity contribution >= 4 is 23.2 Å². The molecule has 1 atom stereocenters. The van der Waals surface area contributed by atoms with Gasteiger partial charge in [-0.05, 0) is 37.6 Å². The molecule has 122 valence electrons. The van der Waals surface area contributed by atoms with Gasteiger partial charge in [0.25, 0.3) is 5.91 Å². The molecule has 0 aliphatic heterocycles. The van der Waals surface area contributed by atoms with Crippen LogP contribution in [0.25, 0.3) is 0 Å². The molecule has 5 heteroatoms. The third-order valence-electron chi connectivity index (χ3n) is 3.78. The van der Waals surface area contributed by atoms with Crippen molar-refractivity contribution in [2.45, 2.75) is 20.4 Å². The number of rotatable bonds is 6. The van der Waals surface area contributed by atoms with Crippen LogP contribution in [0, 0.1) is 12.7 Å². The zero-order valence-corrected chi connectivity index (χ0v) is 14.1. The minimum Gasteiger partial charge on any atom is -0.324 e. The molecule has 0 aliphatic rings. The van der Waals surface area contributed by atoms with E-state index in [1.165, 1.54) is 6.07 Å². The molecule has 2 aromatic carbocycles. The van der Waals surface area contributed by atoms with Gasteiger partial charge in [-0.3, -0.25) is 4.79 Å². The molecule has 0 bridgehead atoms. The number of carbonyl (C=O) groups is 1. The molecule has 1 unspecified atom stereocenters. The Bertz CT molecular complexity index is 690. The number of nitrogens with one attached hydrogen (secondary N) is 2. The van der Waals surface area contributed by atoms with Crippen LogP contribution in [0.4, 0.5) is 10.1 Å². The van der Waals surface area contributed by atoms with E-state index in [0.29, 0.717) is 22.8 Å². The fraction of sp³-hybridized carbons (Fsp3) is 0.278. The number of carbonyl (C=O) groups excluding carboxylic acids is 1. The number of amides is 1. The average molecular weight is 336 g/mol. The Morgan fingerprint density at radius 2 is 2.00 bits per heavy atom. The summed E-state index contributed by atoms with van der Waals surface area (Å²) < 4.78 is 13.7. The lowest BCUT2D eigenvalue weighted by Crippen LogP contribution is -3.11. The van der Waals surface area contributed by atoms with Gasteiger partial charge in [0.15, 0.2) is 6.54 Å². The fourth-order valence-corrected chi connectivity index (χ4v) is 2.55. The number of aryl methyl sites for hydroxylation is 1. The largest absolute Gasteiger partial charge is 0.324 e. The Balaban J connectivity index is 2.00. The molecule has 2 aromatic rings. The van der Waals surface area contributed by atoms with Crippen molar-refractivity contribution in [3.8, 4) is 0 Å². The summed E-state index contributed by atoms with van der Waals surface area (Å²) in [6.45, 7) is 5.38. The minimum atomic E-state index is -0.232. The summed E-state index contributed by atoms with van der Waals surface area (Å²) in [7, 11) is 0. The number of likely N-dealkylation sites (N-methyl/N-ethyl adjacent to an activating group) is 1. The third kappa shape index (κ3) is 5.05. The van der Waals surface area contributed by atoms with E-state index in [2.05, 4.69) is 5.32 Å². The smallest absolute Gasteiger partial charge is 0.279 e. The quantitative estimate of drug-likeness (QED) is 0.836. The number of quaternary nitrogens is 1. The van der Waals surface area contributed by atoms with E-state index in [9.17, 15) is 9.18 Å². The summed E-state index contributed by atoms with van der Waals surface area (Å²) in [5, 5.41) is 3.46. The van der Waals surface area contributed by atoms with Crippen molar-refractivity contribution in [1.29, 1.82) is 0 Å². The third-order valence-corrected chi connectivity index (χ3v) is 4.02. The van der Waals surface area contributed by atoms with Gasteiger partial charge in [-0.25, -0.2) is 4.39 Å². The number of anilines is 1. The highest BCUT2D eigenvalue weighted by Crippen LogP contribution is 2.19. The van der Waals surface area contributed by atoms with E-state index in [0.717, 1.165) is 17.0 Å². The van der Waals surface area contributed by atoms with Crippen LogP contribution < -0.4 is 10.2 Å². The normalized spacial score (nSPS) is 12.0. The van der Waals surface area contributed by atoms with Crippen molar-refractivity contribution in [2.75, 3.05) is 18.4 Å². The van der Waals surface area contributed by atoms with Gasteiger partial charge in [0.1, 0.15) is 12.4 Å². The molecule has 2 rings (SSSR count). The van der Waals surface area contributed by atoms with Gasteiger partial charge in [0.05, 0.1) is 6.54 Å². The van der Waals surface area contributed by atoms with Crippen molar-refractivity contribution in [2.24, 2.45) is 0 Å². The Hall–Kier alpha value is -1.91. The molecule has 0 spiro atoms. The van der Waals surface area contributed by atoms with Crippen LogP contribution in [-0.4, -0.2) is 19.0 Å². The zero-order chi connectivity index (χ0) is 16.8. The molecule has 0 aliphatic carbocycles. The van der Waals surface area contributed by atoms with E-state index >= 15 is 0 Å². The van der Waals surface area contributed by atoms with E-state index in [1.54, 1.807) is 30.3 Å². The van der Waals surface area contributed by atoms with Crippen molar-refractivity contribution in [3.63, 3.8) is 0 Å². The topological polar surface area (TPSA) is 33.5 Å². The first kappa shape index (κ1) is 17.4. The summed E-state index contributed by atoms with van der Waals surface area (Å²) in [5.74, 6) is -0.340. The highest BCUT2D eigenvalue weighted by atomic mass is 35.5. The van der Waals surface area contributed by atoms with Gasteiger partial charge >= 0.3 is 0 Å². The van der Waals surface area contributed by atoms with Crippen LogP contribution in [0.15, 0.2) is 42.5 Å². The maximum Gasteiger partial charge on any atom is 0.279 e. The van der Waals surface area contributed by atoms with Gasteiger partial charge in [0, 0.05) is 16.3 Å². The first-order valence-corrected chi connectivity index (χ1v) is 8.00. The van der Waals surface area contributed by atoms with E-state index in [-0.39, 0.29) is 18.3 Å². The second-order valence-corrected chi connectivity index (χ2v) is 5.99. The predicted molar refractivity (Wildman–Crippen MR) is 91.3 cm³/mol. The minimum absolute atomic E-state index is 0.108. The highest BCUT2D eigenvalue weighted by Gasteiger charge is 2.16. The predicted octanol–water partition coefficient (Wildman–Crippen LogP) is 2.83. The molecule has 2 N–H and O–H groups in total. The molecule has 3 nitrogen and oxygen atoms in total. The summed E-state index contributed by atoms with van der Waals surface area (Å²) in [6, 6.07) is 12.1. The second-order valence-electron chi connectivity index (χ2n) is 5.56. The summed E-state index contributed by atoms with van der Waals surface area (Å²) in [6.07, 6.45) is 0. The first-order valence-electron chi connectivity index (χ1n) is 7.62. The van der Waals surface area contributed by atoms with Gasteiger partial charge in [-0.1, -0.05) is 35.9 Å². The number of benzene rings is 2. The molecule has 0 heterocycles. The Morgan fingerprint density at radius 3 is 2.70 bits per heavy atom. The highest BCUT2D eigenvalue weighted by molar-refractivity contribution is 6.31. The van der Waals surface area contributed by atoms with Crippen molar-refractivity contribution in [1.82, 2.24) is 0 Å². The Labute approximate surface area is 141 Å². The molecule has 0 saturated heterocycles. The van der Waals surface area contributed by atoms with Crippen molar-refractivity contribution < 1.29 is 14.1 Å². The van der Waals surface area contributed by atoms with Crippen LogP contribution in [-0.2, 0) is 11.3 Å². The summed E-state index contributed by atoms with van der Waals surface area (Å²) in [4.78, 5) is 13.2. The van der Waals surface area contributed by atoms with Gasteiger partial charge in [0.2, 0.25) is 0 Å².